The van der Waals surface area contributed by atoms with Gasteiger partial charge in [0.25, 0.3) is 10.1 Å². The molecule has 7 nitrogen and oxygen atoms in total. The maximum Gasteiger partial charge on any atom is 0.407 e. The van der Waals surface area contributed by atoms with Crippen LogP contribution < -0.4 is 5.32 Å². The number of thioether (sulfide) groups is 1. The van der Waals surface area contributed by atoms with Gasteiger partial charge in [-0.15, -0.1) is 0 Å². The van der Waals surface area contributed by atoms with Gasteiger partial charge in [0, 0.05) is 4.75 Å². The SMILES string of the molecule is CC(C)(C)OC(=O)N[C@H](COS(C)(=O)=O)[C@H](Cc1ccccc1)C(=O)SC(C)(C)C. The van der Waals surface area contributed by atoms with Gasteiger partial charge in [0.05, 0.1) is 24.8 Å². The first-order valence-electron chi connectivity index (χ1n) is 9.66. The Hall–Kier alpha value is -1.58. The zero-order valence-corrected chi connectivity index (χ0v) is 20.4. The van der Waals surface area contributed by atoms with Crippen LogP contribution in [0.2, 0.25) is 0 Å². The second-order valence-electron chi connectivity index (χ2n) is 9.07. The molecule has 1 aromatic rings. The molecule has 0 aliphatic carbocycles. The van der Waals surface area contributed by atoms with Gasteiger partial charge in [-0.1, -0.05) is 62.9 Å². The van der Waals surface area contributed by atoms with E-state index in [0.29, 0.717) is 6.42 Å². The summed E-state index contributed by atoms with van der Waals surface area (Å²) in [6.45, 7) is 10.5. The number of nitrogens with one attached hydrogen (secondary N) is 1. The van der Waals surface area contributed by atoms with Crippen LogP contribution in [-0.4, -0.2) is 48.9 Å². The Morgan fingerprint density at radius 3 is 2.10 bits per heavy atom. The molecule has 1 aromatic carbocycles. The molecule has 170 valence electrons. The molecule has 1 N–H and O–H groups in total. The fourth-order valence-corrected chi connectivity index (χ4v) is 3.95. The Labute approximate surface area is 184 Å². The quantitative estimate of drug-likeness (QED) is 0.591. The standard InChI is InChI=1S/C21H33NO6S2/c1-20(2,3)28-19(24)22-17(14-27-30(7,25)26)16(18(23)29-21(4,5)6)13-15-11-9-8-10-12-15/h8-12,16-17H,13-14H2,1-7H3,(H,22,24)/t16-,17+/m0/s1. The number of amides is 1. The van der Waals surface area contributed by atoms with Crippen LogP contribution in [0.4, 0.5) is 4.79 Å². The number of alkyl carbamates (subject to hydrolysis) is 1. The van der Waals surface area contributed by atoms with Gasteiger partial charge in [-0.05, 0) is 32.8 Å². The van der Waals surface area contributed by atoms with E-state index in [2.05, 4.69) is 5.32 Å². The second kappa shape index (κ2) is 10.6. The van der Waals surface area contributed by atoms with Crippen LogP contribution in [0.15, 0.2) is 30.3 Å². The highest BCUT2D eigenvalue weighted by Crippen LogP contribution is 2.30. The van der Waals surface area contributed by atoms with Crippen LogP contribution in [0.3, 0.4) is 0 Å². The number of benzene rings is 1. The minimum atomic E-state index is -3.77. The molecule has 0 unspecified atom stereocenters. The number of carbonyl (C=O) groups is 2. The Balaban J connectivity index is 3.22. The summed E-state index contributed by atoms with van der Waals surface area (Å²) in [5, 5.41) is 2.49. The van der Waals surface area contributed by atoms with Gasteiger partial charge in [-0.3, -0.25) is 8.98 Å². The molecular weight excluding hydrogens is 426 g/mol. The lowest BCUT2D eigenvalue weighted by atomic mass is 9.93. The molecule has 0 spiro atoms. The molecule has 9 heteroatoms. The molecule has 1 amide bonds. The molecule has 0 fully saturated rings. The van der Waals surface area contributed by atoms with Crippen LogP contribution >= 0.6 is 11.8 Å². The summed E-state index contributed by atoms with van der Waals surface area (Å²) in [5.41, 5.74) is 0.145. The monoisotopic (exact) mass is 459 g/mol. The smallest absolute Gasteiger partial charge is 0.407 e. The summed E-state index contributed by atoms with van der Waals surface area (Å²) in [5.74, 6) is -0.717. The van der Waals surface area contributed by atoms with E-state index >= 15 is 0 Å². The first-order valence-corrected chi connectivity index (χ1v) is 12.3. The molecular formula is C21H33NO6S2. The van der Waals surface area contributed by atoms with E-state index in [9.17, 15) is 18.0 Å². The van der Waals surface area contributed by atoms with E-state index in [-0.39, 0.29) is 16.5 Å². The highest BCUT2D eigenvalue weighted by molar-refractivity contribution is 8.14. The molecule has 0 aliphatic heterocycles. The number of rotatable bonds is 8. The minimum absolute atomic E-state index is 0.162. The van der Waals surface area contributed by atoms with Gasteiger partial charge in [0.2, 0.25) is 0 Å². The fourth-order valence-electron chi connectivity index (χ4n) is 2.55. The number of ether oxygens (including phenoxy) is 1. The van der Waals surface area contributed by atoms with E-state index in [0.717, 1.165) is 23.6 Å². The number of hydrogen-bond donors (Lipinski definition) is 1. The van der Waals surface area contributed by atoms with Gasteiger partial charge < -0.3 is 10.1 Å². The molecule has 1 rings (SSSR count). The summed E-state index contributed by atoms with van der Waals surface area (Å²) >= 11 is 1.15. The number of carbonyl (C=O) groups excluding carboxylic acids is 2. The minimum Gasteiger partial charge on any atom is -0.444 e. The number of hydrogen-bond acceptors (Lipinski definition) is 7. The van der Waals surface area contributed by atoms with Crippen LogP contribution in [0.25, 0.3) is 0 Å². The van der Waals surface area contributed by atoms with Crippen molar-refractivity contribution in [3.8, 4) is 0 Å². The predicted molar refractivity (Wildman–Crippen MR) is 120 cm³/mol. The predicted octanol–water partition coefficient (Wildman–Crippen LogP) is 3.77. The largest absolute Gasteiger partial charge is 0.444 e. The topological polar surface area (TPSA) is 98.8 Å². The van der Waals surface area contributed by atoms with Crippen molar-refractivity contribution >= 4 is 33.1 Å². The van der Waals surface area contributed by atoms with E-state index in [1.807, 2.05) is 51.1 Å². The Morgan fingerprint density at radius 2 is 1.63 bits per heavy atom. The molecule has 2 atom stereocenters. The fraction of sp³-hybridized carbons (Fsp3) is 0.619. The van der Waals surface area contributed by atoms with Crippen molar-refractivity contribution < 1.29 is 26.9 Å². The first kappa shape index (κ1) is 26.5. The van der Waals surface area contributed by atoms with Crippen molar-refractivity contribution in [3.05, 3.63) is 35.9 Å². The van der Waals surface area contributed by atoms with Crippen LogP contribution in [0.5, 0.6) is 0 Å². The maximum absolute atomic E-state index is 13.2. The average Bonchev–Trinajstić information content (AvgIpc) is 2.53. The molecule has 0 saturated heterocycles. The van der Waals surface area contributed by atoms with E-state index in [1.165, 1.54) is 0 Å². The molecule has 0 heterocycles. The van der Waals surface area contributed by atoms with Crippen molar-refractivity contribution in [2.24, 2.45) is 5.92 Å². The van der Waals surface area contributed by atoms with Crippen LogP contribution in [0.1, 0.15) is 47.1 Å². The van der Waals surface area contributed by atoms with Crippen molar-refractivity contribution in [2.45, 2.75) is 64.4 Å². The van der Waals surface area contributed by atoms with Crippen molar-refractivity contribution in [2.75, 3.05) is 12.9 Å². The van der Waals surface area contributed by atoms with E-state index in [4.69, 9.17) is 8.92 Å². The van der Waals surface area contributed by atoms with E-state index in [1.54, 1.807) is 20.8 Å². The Morgan fingerprint density at radius 1 is 1.07 bits per heavy atom. The van der Waals surface area contributed by atoms with Gasteiger partial charge in [0.15, 0.2) is 5.12 Å². The van der Waals surface area contributed by atoms with Crippen molar-refractivity contribution in [1.82, 2.24) is 5.32 Å². The lowest BCUT2D eigenvalue weighted by molar-refractivity contribution is -0.115. The molecule has 0 saturated carbocycles. The lowest BCUT2D eigenvalue weighted by Gasteiger charge is -2.30. The highest BCUT2D eigenvalue weighted by Gasteiger charge is 2.34. The van der Waals surface area contributed by atoms with Gasteiger partial charge in [-0.2, -0.15) is 8.42 Å². The summed E-state index contributed by atoms with van der Waals surface area (Å²) in [6, 6.07) is 8.45. The third kappa shape index (κ3) is 11.6. The van der Waals surface area contributed by atoms with Gasteiger partial charge in [0.1, 0.15) is 5.60 Å². The second-order valence-corrected chi connectivity index (χ2v) is 12.5. The normalized spacial score (nSPS) is 14.6. The van der Waals surface area contributed by atoms with Crippen LogP contribution in [-0.2, 0) is 30.3 Å². The van der Waals surface area contributed by atoms with Crippen molar-refractivity contribution in [1.29, 1.82) is 0 Å². The third-order valence-corrected chi connectivity index (χ3v) is 5.34. The zero-order valence-electron chi connectivity index (χ0n) is 18.7. The summed E-state index contributed by atoms with van der Waals surface area (Å²) in [7, 11) is -3.77. The zero-order chi connectivity index (χ0) is 23.2. The Bertz CT molecular complexity index is 810. The summed E-state index contributed by atoms with van der Waals surface area (Å²) in [4.78, 5) is 25.6. The van der Waals surface area contributed by atoms with Gasteiger partial charge in [-0.25, -0.2) is 4.79 Å². The summed E-state index contributed by atoms with van der Waals surface area (Å²) < 4.78 is 33.1. The van der Waals surface area contributed by atoms with E-state index < -0.39 is 33.8 Å². The maximum atomic E-state index is 13.2. The molecule has 0 aromatic heterocycles. The third-order valence-electron chi connectivity index (χ3n) is 3.66. The highest BCUT2D eigenvalue weighted by atomic mass is 32.2. The summed E-state index contributed by atoms with van der Waals surface area (Å²) in [6.07, 6.45) is 0.502. The first-order chi connectivity index (χ1) is 13.6. The lowest BCUT2D eigenvalue weighted by Crippen LogP contribution is -2.48. The Kier molecular flexibility index (Phi) is 9.38. The average molecular weight is 460 g/mol. The van der Waals surface area contributed by atoms with Gasteiger partial charge >= 0.3 is 6.09 Å². The molecule has 0 aliphatic rings. The van der Waals surface area contributed by atoms with Crippen molar-refractivity contribution in [3.63, 3.8) is 0 Å². The molecule has 0 bridgehead atoms. The molecule has 0 radical (unpaired) electrons. The van der Waals surface area contributed by atoms with Crippen LogP contribution in [0, 0.1) is 5.92 Å². The molecule has 30 heavy (non-hydrogen) atoms.